The molecular weight excluding hydrogens is 619 g/mol. The fourth-order valence-corrected chi connectivity index (χ4v) is 5.74. The van der Waals surface area contributed by atoms with Gasteiger partial charge in [0.25, 0.3) is 5.56 Å². The third kappa shape index (κ3) is 6.06. The number of pyridine rings is 1. The molecule has 0 aliphatic heterocycles. The van der Waals surface area contributed by atoms with Crippen LogP contribution in [0.5, 0.6) is 5.75 Å². The van der Waals surface area contributed by atoms with E-state index in [0.29, 0.717) is 32.6 Å². The molecule has 2 aromatic carbocycles. The molecule has 2 heterocycles. The van der Waals surface area contributed by atoms with Crippen molar-refractivity contribution in [3.8, 4) is 5.75 Å². The maximum atomic E-state index is 13.4. The van der Waals surface area contributed by atoms with Crippen molar-refractivity contribution >= 4 is 50.8 Å². The van der Waals surface area contributed by atoms with Crippen LogP contribution in [0.25, 0.3) is 0 Å². The number of nitrogens with zero attached hydrogens (tertiary/aromatic N) is 2. The standard InChI is InChI=1S/C29H29BrCl2N4O4/c1-5-40-27(38)24-25(36(17(2)3)28(30)34-24)29(19-8-10-20(31)11-9-19,15-18-6-12-22(39-4)13-7-18)35-23-14-21(32)16-33-26(23)37/h6-14,16-17,35H,5,15H2,1-4H3,(H,33,37). The molecule has 40 heavy (non-hydrogen) atoms. The van der Waals surface area contributed by atoms with Crippen molar-refractivity contribution in [2.75, 3.05) is 19.0 Å². The van der Waals surface area contributed by atoms with Crippen molar-refractivity contribution < 1.29 is 14.3 Å². The van der Waals surface area contributed by atoms with Crippen LogP contribution in [0.2, 0.25) is 10.0 Å². The summed E-state index contributed by atoms with van der Waals surface area (Å²) < 4.78 is 13.2. The first-order valence-electron chi connectivity index (χ1n) is 12.6. The Labute approximate surface area is 250 Å². The number of hydrogen-bond donors (Lipinski definition) is 2. The Bertz CT molecular complexity index is 1550. The SMILES string of the molecule is CCOC(=O)c1nc(Br)n(C(C)C)c1C(Cc1ccc(OC)cc1)(Nc1cc(Cl)c[nH]c1=O)c1ccc(Cl)cc1. The number of benzene rings is 2. The molecule has 11 heteroatoms. The number of ether oxygens (including phenoxy) is 2. The normalized spacial score (nSPS) is 12.7. The first kappa shape index (κ1) is 29.7. The number of esters is 1. The number of hydrogen-bond acceptors (Lipinski definition) is 6. The summed E-state index contributed by atoms with van der Waals surface area (Å²) >= 11 is 16.2. The molecule has 1 unspecified atom stereocenters. The van der Waals surface area contributed by atoms with Gasteiger partial charge in [-0.25, -0.2) is 9.78 Å². The van der Waals surface area contributed by atoms with Crippen LogP contribution in [0, 0.1) is 0 Å². The number of halogens is 3. The third-order valence-corrected chi connectivity index (χ3v) is 7.47. The number of H-pyrrole nitrogens is 1. The molecule has 1 atom stereocenters. The molecule has 0 aliphatic rings. The number of anilines is 1. The van der Waals surface area contributed by atoms with Crippen molar-refractivity contribution in [3.05, 3.63) is 108 Å². The second-order valence-electron chi connectivity index (χ2n) is 9.39. The van der Waals surface area contributed by atoms with Crippen LogP contribution < -0.4 is 15.6 Å². The van der Waals surface area contributed by atoms with E-state index in [1.807, 2.05) is 54.8 Å². The number of rotatable bonds is 10. The van der Waals surface area contributed by atoms with Gasteiger partial charge in [0, 0.05) is 23.7 Å². The fraction of sp³-hybridized carbons (Fsp3) is 0.276. The maximum absolute atomic E-state index is 13.4. The van der Waals surface area contributed by atoms with Gasteiger partial charge in [0.05, 0.1) is 24.4 Å². The molecule has 4 aromatic rings. The average Bonchev–Trinajstić information content (AvgIpc) is 3.29. The van der Waals surface area contributed by atoms with E-state index in [-0.39, 0.29) is 29.6 Å². The molecule has 0 amide bonds. The molecule has 0 spiro atoms. The van der Waals surface area contributed by atoms with Crippen LogP contribution in [0.1, 0.15) is 54.1 Å². The summed E-state index contributed by atoms with van der Waals surface area (Å²) in [5, 5.41) is 4.35. The summed E-state index contributed by atoms with van der Waals surface area (Å²) in [6.07, 6.45) is 1.71. The molecule has 0 saturated carbocycles. The zero-order valence-corrected chi connectivity index (χ0v) is 25.5. The number of carbonyl (C=O) groups is 1. The molecule has 0 fully saturated rings. The predicted octanol–water partition coefficient (Wildman–Crippen LogP) is 7.01. The Hall–Kier alpha value is -3.27. The summed E-state index contributed by atoms with van der Waals surface area (Å²) in [5.74, 6) is 0.106. The van der Waals surface area contributed by atoms with E-state index in [1.165, 1.54) is 6.20 Å². The lowest BCUT2D eigenvalue weighted by molar-refractivity contribution is 0.0517. The largest absolute Gasteiger partial charge is 0.497 e. The highest BCUT2D eigenvalue weighted by Crippen LogP contribution is 2.42. The van der Waals surface area contributed by atoms with Gasteiger partial charge >= 0.3 is 5.97 Å². The minimum Gasteiger partial charge on any atom is -0.497 e. The molecule has 2 aromatic heterocycles. The van der Waals surface area contributed by atoms with E-state index >= 15 is 0 Å². The Kier molecular flexibility index (Phi) is 9.28. The van der Waals surface area contributed by atoms with Crippen LogP contribution in [0.15, 0.2) is 70.3 Å². The van der Waals surface area contributed by atoms with E-state index in [4.69, 9.17) is 32.7 Å². The first-order valence-corrected chi connectivity index (χ1v) is 14.1. The lowest BCUT2D eigenvalue weighted by Gasteiger charge is -2.38. The Morgan fingerprint density at radius 2 is 1.80 bits per heavy atom. The van der Waals surface area contributed by atoms with Gasteiger partial charge in [-0.1, -0.05) is 47.5 Å². The smallest absolute Gasteiger partial charge is 0.358 e. The van der Waals surface area contributed by atoms with E-state index in [0.717, 1.165) is 11.1 Å². The van der Waals surface area contributed by atoms with Gasteiger partial charge in [-0.15, -0.1) is 0 Å². The summed E-state index contributed by atoms with van der Waals surface area (Å²) in [6, 6.07) is 16.2. The highest BCUT2D eigenvalue weighted by Gasteiger charge is 2.44. The van der Waals surface area contributed by atoms with E-state index < -0.39 is 11.5 Å². The van der Waals surface area contributed by atoms with Crippen molar-refractivity contribution in [1.82, 2.24) is 14.5 Å². The number of nitrogens with one attached hydrogen (secondary N) is 2. The number of aromatic nitrogens is 3. The van der Waals surface area contributed by atoms with Crippen LogP contribution >= 0.6 is 39.1 Å². The topological polar surface area (TPSA) is 98.2 Å². The molecule has 8 nitrogen and oxygen atoms in total. The number of methoxy groups -OCH3 is 1. The van der Waals surface area contributed by atoms with Gasteiger partial charge in [0.1, 0.15) is 17.0 Å². The second kappa shape index (κ2) is 12.5. The summed E-state index contributed by atoms with van der Waals surface area (Å²) in [7, 11) is 1.60. The molecule has 4 rings (SSSR count). The summed E-state index contributed by atoms with van der Waals surface area (Å²) in [6.45, 7) is 5.87. The molecular formula is C29H29BrCl2N4O4. The zero-order chi connectivity index (χ0) is 29.0. The van der Waals surface area contributed by atoms with Gasteiger partial charge in [-0.05, 0) is 78.2 Å². The van der Waals surface area contributed by atoms with Crippen LogP contribution in [-0.4, -0.2) is 34.2 Å². The second-order valence-corrected chi connectivity index (χ2v) is 11.0. The monoisotopic (exact) mass is 646 g/mol. The van der Waals surface area contributed by atoms with Crippen LogP contribution in [-0.2, 0) is 16.7 Å². The Morgan fingerprint density at radius 1 is 1.12 bits per heavy atom. The highest BCUT2D eigenvalue weighted by atomic mass is 79.9. The number of carbonyl (C=O) groups excluding carboxylic acids is 1. The first-order chi connectivity index (χ1) is 19.1. The highest BCUT2D eigenvalue weighted by molar-refractivity contribution is 9.10. The van der Waals surface area contributed by atoms with E-state index in [2.05, 4.69) is 31.2 Å². The number of aromatic amines is 1. The van der Waals surface area contributed by atoms with Gasteiger partial charge in [-0.3, -0.25) is 4.79 Å². The lowest BCUT2D eigenvalue weighted by atomic mass is 9.79. The molecule has 0 saturated heterocycles. The fourth-order valence-electron chi connectivity index (χ4n) is 4.69. The third-order valence-electron chi connectivity index (χ3n) is 6.44. The predicted molar refractivity (Wildman–Crippen MR) is 161 cm³/mol. The molecule has 2 N–H and O–H groups in total. The Balaban J connectivity index is 2.13. The molecule has 0 radical (unpaired) electrons. The van der Waals surface area contributed by atoms with Gasteiger partial charge in [-0.2, -0.15) is 0 Å². The quantitative estimate of drug-likeness (QED) is 0.180. The Morgan fingerprint density at radius 3 is 2.40 bits per heavy atom. The zero-order valence-electron chi connectivity index (χ0n) is 22.4. The lowest BCUT2D eigenvalue weighted by Crippen LogP contribution is -2.44. The van der Waals surface area contributed by atoms with Crippen molar-refractivity contribution in [1.29, 1.82) is 0 Å². The minimum absolute atomic E-state index is 0.108. The van der Waals surface area contributed by atoms with Gasteiger partial charge in [0.15, 0.2) is 10.4 Å². The molecule has 0 bridgehead atoms. The average molecular weight is 648 g/mol. The number of imidazole rings is 1. The maximum Gasteiger partial charge on any atom is 0.358 e. The van der Waals surface area contributed by atoms with Crippen LogP contribution in [0.3, 0.4) is 0 Å². The summed E-state index contributed by atoms with van der Waals surface area (Å²) in [4.78, 5) is 33.8. The molecule has 0 aliphatic carbocycles. The molecule has 210 valence electrons. The van der Waals surface area contributed by atoms with Crippen molar-refractivity contribution in [2.45, 2.75) is 38.8 Å². The van der Waals surface area contributed by atoms with Gasteiger partial charge in [0.2, 0.25) is 0 Å². The minimum atomic E-state index is -1.23. The van der Waals surface area contributed by atoms with E-state index in [1.54, 1.807) is 32.2 Å². The van der Waals surface area contributed by atoms with E-state index in [9.17, 15) is 9.59 Å². The summed E-state index contributed by atoms with van der Waals surface area (Å²) in [5.41, 5.74) is 0.823. The van der Waals surface area contributed by atoms with Crippen molar-refractivity contribution in [2.24, 2.45) is 0 Å². The van der Waals surface area contributed by atoms with Crippen LogP contribution in [0.4, 0.5) is 5.69 Å². The van der Waals surface area contributed by atoms with Crippen molar-refractivity contribution in [3.63, 3.8) is 0 Å². The van der Waals surface area contributed by atoms with Gasteiger partial charge < -0.3 is 24.3 Å².